The molecule has 0 aromatic carbocycles. The van der Waals surface area contributed by atoms with E-state index in [9.17, 15) is 0 Å². The van der Waals surface area contributed by atoms with Gasteiger partial charge in [-0.3, -0.25) is 4.90 Å². The van der Waals surface area contributed by atoms with Crippen molar-refractivity contribution in [2.24, 2.45) is 11.3 Å². The highest BCUT2D eigenvalue weighted by molar-refractivity contribution is 4.96. The van der Waals surface area contributed by atoms with Crippen LogP contribution in [0.5, 0.6) is 0 Å². The third-order valence-electron chi connectivity index (χ3n) is 4.06. The van der Waals surface area contributed by atoms with Crippen LogP contribution < -0.4 is 5.32 Å². The minimum absolute atomic E-state index is 0.259. The summed E-state index contributed by atoms with van der Waals surface area (Å²) in [7, 11) is 0. The van der Waals surface area contributed by atoms with E-state index >= 15 is 0 Å². The van der Waals surface area contributed by atoms with Gasteiger partial charge in [-0.2, -0.15) is 0 Å². The fourth-order valence-electron chi connectivity index (χ4n) is 2.75. The highest BCUT2D eigenvalue weighted by atomic mass is 15.3. The van der Waals surface area contributed by atoms with E-state index in [2.05, 4.69) is 58.7 Å². The summed E-state index contributed by atoms with van der Waals surface area (Å²) in [6.45, 7) is 19.9. The van der Waals surface area contributed by atoms with Crippen LogP contribution in [0.2, 0.25) is 0 Å². The Bertz CT molecular complexity index is 240. The maximum atomic E-state index is 3.69. The first-order valence-corrected chi connectivity index (χ1v) is 7.15. The molecule has 0 radical (unpaired) electrons. The first-order valence-electron chi connectivity index (χ1n) is 7.15. The fourth-order valence-corrected chi connectivity index (χ4v) is 2.75. The molecule has 2 atom stereocenters. The Morgan fingerprint density at radius 3 is 2.41 bits per heavy atom. The Morgan fingerprint density at radius 2 is 1.94 bits per heavy atom. The van der Waals surface area contributed by atoms with E-state index in [1.807, 2.05) is 0 Å². The summed E-state index contributed by atoms with van der Waals surface area (Å²) in [6.07, 6.45) is 1.28. The van der Waals surface area contributed by atoms with Crippen molar-refractivity contribution in [3.05, 3.63) is 0 Å². The van der Waals surface area contributed by atoms with Gasteiger partial charge >= 0.3 is 0 Å². The van der Waals surface area contributed by atoms with Crippen LogP contribution in [0.3, 0.4) is 0 Å². The fraction of sp³-hybridized carbons (Fsp3) is 1.00. The molecular formula is C15H32N2. The van der Waals surface area contributed by atoms with Crippen molar-refractivity contribution >= 4 is 0 Å². The van der Waals surface area contributed by atoms with Crippen LogP contribution in [0.15, 0.2) is 0 Å². The molecule has 1 rings (SSSR count). The molecule has 2 unspecified atom stereocenters. The summed E-state index contributed by atoms with van der Waals surface area (Å²) in [4.78, 5) is 2.71. The van der Waals surface area contributed by atoms with E-state index < -0.39 is 0 Å². The number of piperazine rings is 1. The molecule has 1 saturated heterocycles. The van der Waals surface area contributed by atoms with Gasteiger partial charge in [-0.05, 0) is 25.2 Å². The van der Waals surface area contributed by atoms with Crippen LogP contribution in [0, 0.1) is 11.3 Å². The molecule has 17 heavy (non-hydrogen) atoms. The van der Waals surface area contributed by atoms with E-state index in [1.54, 1.807) is 0 Å². The molecule has 0 aromatic heterocycles. The lowest BCUT2D eigenvalue weighted by Crippen LogP contribution is -2.65. The maximum absolute atomic E-state index is 3.69. The van der Waals surface area contributed by atoms with Crippen molar-refractivity contribution in [2.45, 2.75) is 66.5 Å². The van der Waals surface area contributed by atoms with Gasteiger partial charge in [0.25, 0.3) is 0 Å². The molecule has 0 aromatic rings. The van der Waals surface area contributed by atoms with E-state index in [4.69, 9.17) is 0 Å². The molecule has 1 N–H and O–H groups in total. The standard InChI is InChI=1S/C15H32N2/c1-8-12(2)10-17-11-15(6,7)16-9-13(17)14(3,4)5/h12-13,16H,8-11H2,1-7H3. The molecule has 2 heteroatoms. The van der Waals surface area contributed by atoms with Crippen LogP contribution in [0.4, 0.5) is 0 Å². The number of nitrogens with zero attached hydrogens (tertiary/aromatic N) is 1. The van der Waals surface area contributed by atoms with Crippen LogP contribution in [-0.2, 0) is 0 Å². The van der Waals surface area contributed by atoms with E-state index in [0.717, 1.165) is 12.5 Å². The summed E-state index contributed by atoms with van der Waals surface area (Å²) in [6, 6.07) is 0.657. The molecule has 102 valence electrons. The van der Waals surface area contributed by atoms with Gasteiger partial charge in [0, 0.05) is 31.2 Å². The molecule has 2 nitrogen and oxygen atoms in total. The Morgan fingerprint density at radius 1 is 1.35 bits per heavy atom. The van der Waals surface area contributed by atoms with Crippen molar-refractivity contribution in [1.82, 2.24) is 10.2 Å². The van der Waals surface area contributed by atoms with Gasteiger partial charge in [-0.1, -0.05) is 41.0 Å². The first-order chi connectivity index (χ1) is 7.65. The largest absolute Gasteiger partial charge is 0.309 e. The normalized spacial score (nSPS) is 28.1. The second-order valence-electron chi connectivity index (χ2n) is 7.59. The maximum Gasteiger partial charge on any atom is 0.0270 e. The second-order valence-corrected chi connectivity index (χ2v) is 7.59. The average molecular weight is 240 g/mol. The van der Waals surface area contributed by atoms with Crippen molar-refractivity contribution in [2.75, 3.05) is 19.6 Å². The van der Waals surface area contributed by atoms with Gasteiger partial charge < -0.3 is 5.32 Å². The lowest BCUT2D eigenvalue weighted by atomic mass is 9.82. The van der Waals surface area contributed by atoms with E-state index in [1.165, 1.54) is 19.5 Å². The van der Waals surface area contributed by atoms with E-state index in [-0.39, 0.29) is 5.54 Å². The molecule has 0 aliphatic carbocycles. The molecule has 1 fully saturated rings. The van der Waals surface area contributed by atoms with Gasteiger partial charge in [0.1, 0.15) is 0 Å². The molecule has 0 amide bonds. The quantitative estimate of drug-likeness (QED) is 0.815. The van der Waals surface area contributed by atoms with Gasteiger partial charge in [0.15, 0.2) is 0 Å². The third-order valence-corrected chi connectivity index (χ3v) is 4.06. The smallest absolute Gasteiger partial charge is 0.0270 e. The zero-order chi connectivity index (χ0) is 13.3. The van der Waals surface area contributed by atoms with Gasteiger partial charge in [-0.15, -0.1) is 0 Å². The molecule has 1 heterocycles. The zero-order valence-corrected chi connectivity index (χ0v) is 12.9. The lowest BCUT2D eigenvalue weighted by molar-refractivity contribution is 0.0233. The first kappa shape index (κ1) is 15.0. The summed E-state index contributed by atoms with van der Waals surface area (Å²) >= 11 is 0. The zero-order valence-electron chi connectivity index (χ0n) is 12.9. The summed E-state index contributed by atoms with van der Waals surface area (Å²) in [5, 5.41) is 3.69. The monoisotopic (exact) mass is 240 g/mol. The van der Waals surface area contributed by atoms with E-state index in [0.29, 0.717) is 11.5 Å². The molecule has 0 bridgehead atoms. The number of rotatable bonds is 3. The summed E-state index contributed by atoms with van der Waals surface area (Å²) < 4.78 is 0. The van der Waals surface area contributed by atoms with Crippen molar-refractivity contribution in [1.29, 1.82) is 0 Å². The molecule has 1 aliphatic heterocycles. The molecule has 0 spiro atoms. The SMILES string of the molecule is CCC(C)CN1CC(C)(C)NCC1C(C)(C)C. The highest BCUT2D eigenvalue weighted by Crippen LogP contribution is 2.29. The predicted octanol–water partition coefficient (Wildman–Crippen LogP) is 3.13. The van der Waals surface area contributed by atoms with Crippen LogP contribution in [0.25, 0.3) is 0 Å². The minimum Gasteiger partial charge on any atom is -0.309 e. The van der Waals surface area contributed by atoms with Crippen LogP contribution in [-0.4, -0.2) is 36.1 Å². The molecule has 0 saturated carbocycles. The van der Waals surface area contributed by atoms with Crippen molar-refractivity contribution in [3.63, 3.8) is 0 Å². The summed E-state index contributed by atoms with van der Waals surface area (Å²) in [5.41, 5.74) is 0.617. The average Bonchev–Trinajstić information content (AvgIpc) is 2.14. The molecule has 1 aliphatic rings. The highest BCUT2D eigenvalue weighted by Gasteiger charge is 2.38. The number of hydrogen-bond donors (Lipinski definition) is 1. The van der Waals surface area contributed by atoms with Gasteiger partial charge in [-0.25, -0.2) is 0 Å². The Hall–Kier alpha value is -0.0800. The number of hydrogen-bond acceptors (Lipinski definition) is 2. The Balaban J connectivity index is 2.75. The lowest BCUT2D eigenvalue weighted by Gasteiger charge is -2.50. The van der Waals surface area contributed by atoms with Crippen molar-refractivity contribution in [3.8, 4) is 0 Å². The molecular weight excluding hydrogens is 208 g/mol. The Kier molecular flexibility index (Phi) is 4.65. The van der Waals surface area contributed by atoms with Crippen LogP contribution in [0.1, 0.15) is 54.9 Å². The van der Waals surface area contributed by atoms with Crippen LogP contribution >= 0.6 is 0 Å². The predicted molar refractivity (Wildman–Crippen MR) is 76.4 cm³/mol. The van der Waals surface area contributed by atoms with Gasteiger partial charge in [0.2, 0.25) is 0 Å². The third kappa shape index (κ3) is 4.26. The van der Waals surface area contributed by atoms with Crippen molar-refractivity contribution < 1.29 is 0 Å². The van der Waals surface area contributed by atoms with Gasteiger partial charge in [0.05, 0.1) is 0 Å². The topological polar surface area (TPSA) is 15.3 Å². The second kappa shape index (κ2) is 5.27. The summed E-state index contributed by atoms with van der Waals surface area (Å²) in [5.74, 6) is 0.800. The Labute approximate surface area is 108 Å². The minimum atomic E-state index is 0.259. The number of nitrogens with one attached hydrogen (secondary N) is 1.